The summed E-state index contributed by atoms with van der Waals surface area (Å²) >= 11 is 0. The molecule has 0 bridgehead atoms. The monoisotopic (exact) mass is 1110 g/mol. The number of esters is 9. The van der Waals surface area contributed by atoms with E-state index in [0.717, 1.165) is 61.5 Å². The average Bonchev–Trinajstić information content (AvgIpc) is 3.45. The first-order valence-electron chi connectivity index (χ1n) is 24.9. The van der Waals surface area contributed by atoms with Gasteiger partial charge in [0, 0.05) is 55.3 Å². The van der Waals surface area contributed by atoms with E-state index in [9.17, 15) is 43.2 Å². The summed E-state index contributed by atoms with van der Waals surface area (Å²) in [7, 11) is 2.23. The van der Waals surface area contributed by atoms with Gasteiger partial charge in [0.2, 0.25) is 0 Å². The van der Waals surface area contributed by atoms with Gasteiger partial charge in [-0.05, 0) is 43.7 Å². The van der Waals surface area contributed by atoms with Gasteiger partial charge in [-0.15, -0.1) is 0 Å². The van der Waals surface area contributed by atoms with Gasteiger partial charge < -0.3 is 81.5 Å². The molecule has 0 amide bonds. The van der Waals surface area contributed by atoms with Crippen LogP contribution < -0.4 is 5.73 Å². The van der Waals surface area contributed by atoms with Gasteiger partial charge in [0.1, 0.15) is 18.3 Å². The van der Waals surface area contributed by atoms with Gasteiger partial charge in [0.25, 0.3) is 0 Å². The maximum Gasteiger partial charge on any atom is 0.338 e. The van der Waals surface area contributed by atoms with Crippen LogP contribution in [0.3, 0.4) is 0 Å². The SMILES string of the molecule is COC(=O)[C@H]1O[C@@H](OC[C@H]2O[C@@H](OC[C@H]3O[C@@H](OCCCCCCN)[C@H](OC(C)=O)[C@@H](OC(C)=O)[C@H]3OC(C)=O)[C@H](OC(C)=O)[C@@H](OC(C)=O)[C@H]2OC(C)=O)[C@H](OC(=O)c2ccccc2)[C@@H](OC(=O)c2ccccc2)[C@@H]1OC. The Morgan fingerprint density at radius 1 is 0.423 bits per heavy atom. The van der Waals surface area contributed by atoms with Crippen molar-refractivity contribution >= 4 is 53.7 Å². The second-order valence-corrected chi connectivity index (χ2v) is 17.9. The Bertz CT molecular complexity index is 2340. The van der Waals surface area contributed by atoms with Gasteiger partial charge in [0.05, 0.1) is 31.5 Å². The average molecular weight is 1110 g/mol. The Balaban J connectivity index is 1.56. The highest BCUT2D eigenvalue weighted by molar-refractivity contribution is 5.90. The lowest BCUT2D eigenvalue weighted by Gasteiger charge is -2.47. The molecule has 0 aliphatic carbocycles. The highest BCUT2D eigenvalue weighted by atomic mass is 16.8. The van der Waals surface area contributed by atoms with E-state index in [4.69, 9.17) is 81.5 Å². The minimum atomic E-state index is -1.90. The first kappa shape index (κ1) is 62.2. The van der Waals surface area contributed by atoms with Crippen LogP contribution in [-0.2, 0) is 109 Å². The third kappa shape index (κ3) is 17.7. The second-order valence-electron chi connectivity index (χ2n) is 17.9. The smallest absolute Gasteiger partial charge is 0.338 e. The van der Waals surface area contributed by atoms with Crippen LogP contribution in [0.1, 0.15) is 87.9 Å². The van der Waals surface area contributed by atoms with Crippen LogP contribution in [0, 0.1) is 0 Å². The summed E-state index contributed by atoms with van der Waals surface area (Å²) in [6.07, 6.45) is -22.2. The largest absolute Gasteiger partial charge is 0.467 e. The van der Waals surface area contributed by atoms with Crippen molar-refractivity contribution < 1.29 is 119 Å². The molecule has 3 aliphatic heterocycles. The lowest BCUT2D eigenvalue weighted by Crippen LogP contribution is -2.66. The van der Waals surface area contributed by atoms with Crippen molar-refractivity contribution in [3.05, 3.63) is 71.8 Å². The summed E-state index contributed by atoms with van der Waals surface area (Å²) in [5.41, 5.74) is 5.74. The van der Waals surface area contributed by atoms with Gasteiger partial charge in [0.15, 0.2) is 73.8 Å². The fraction of sp³-hybridized carbons (Fsp3) is 0.596. The molecule has 3 fully saturated rings. The fourth-order valence-corrected chi connectivity index (χ4v) is 8.73. The van der Waals surface area contributed by atoms with Crippen molar-refractivity contribution in [3.63, 3.8) is 0 Å². The third-order valence-corrected chi connectivity index (χ3v) is 11.9. The van der Waals surface area contributed by atoms with Gasteiger partial charge in [-0.25, -0.2) is 14.4 Å². The van der Waals surface area contributed by atoms with E-state index in [1.54, 1.807) is 36.4 Å². The van der Waals surface area contributed by atoms with Crippen molar-refractivity contribution in [1.82, 2.24) is 0 Å². The fourth-order valence-electron chi connectivity index (χ4n) is 8.73. The number of benzene rings is 2. The Labute approximate surface area is 449 Å². The number of ether oxygens (including phenoxy) is 16. The molecule has 0 aromatic heterocycles. The lowest BCUT2D eigenvalue weighted by molar-refractivity contribution is -0.343. The summed E-state index contributed by atoms with van der Waals surface area (Å²) in [5.74, 6) is -8.43. The molecule has 5 rings (SSSR count). The normalized spacial score (nSPS) is 28.6. The predicted molar refractivity (Wildman–Crippen MR) is 259 cm³/mol. The molecule has 2 N–H and O–H groups in total. The Kier molecular flexibility index (Phi) is 24.3. The zero-order valence-corrected chi connectivity index (χ0v) is 44.4. The number of hydrogen-bond acceptors (Lipinski definition) is 26. The van der Waals surface area contributed by atoms with Crippen LogP contribution in [0.2, 0.25) is 0 Å². The summed E-state index contributed by atoms with van der Waals surface area (Å²) in [5, 5.41) is 0. The zero-order chi connectivity index (χ0) is 57.1. The standard InChI is InChI=1S/C52H67NO25/c1-27(54)68-37-35(74-50(65-24-18-10-9-17-23-53)44(72-31(5)58)40(37)70-29(3)56)25-66-51-45(73-32(6)59)41(71-30(4)57)38(69-28(2)55)36(75-51)26-67-52-46(77-48(61)34-21-15-12-16-22-34)42(39(63-7)43(78-52)49(62)64-8)76-47(60)33-19-13-11-14-20-33/h11-16,19-22,35-46,50-52H,9-10,17-18,23-26,53H2,1-8H3/t35-,36-,37+,38+,39+,40+,41+,42+,43+,44-,45-,46-,50-,51-,52-/m1/s1. The molecule has 26 heteroatoms. The van der Waals surface area contributed by atoms with E-state index in [1.807, 2.05) is 0 Å². The number of nitrogens with two attached hydrogens (primary N) is 1. The molecule has 3 heterocycles. The molecule has 26 nitrogen and oxygen atoms in total. The topological polar surface area (TPSA) is 327 Å². The molecule has 430 valence electrons. The van der Waals surface area contributed by atoms with Crippen molar-refractivity contribution in [2.24, 2.45) is 5.73 Å². The van der Waals surface area contributed by atoms with Gasteiger partial charge in [-0.3, -0.25) is 28.8 Å². The Hall–Kier alpha value is -6.65. The van der Waals surface area contributed by atoms with E-state index >= 15 is 0 Å². The minimum Gasteiger partial charge on any atom is -0.467 e. The van der Waals surface area contributed by atoms with Crippen molar-refractivity contribution in [1.29, 1.82) is 0 Å². The summed E-state index contributed by atoms with van der Waals surface area (Å²) in [4.78, 5) is 118. The lowest BCUT2D eigenvalue weighted by atomic mass is 9.96. The molecule has 3 aliphatic rings. The quantitative estimate of drug-likeness (QED) is 0.0843. The second kappa shape index (κ2) is 30.5. The van der Waals surface area contributed by atoms with Crippen molar-refractivity contribution in [3.8, 4) is 0 Å². The van der Waals surface area contributed by atoms with Crippen LogP contribution in [0.25, 0.3) is 0 Å². The molecule has 0 unspecified atom stereocenters. The summed E-state index contributed by atoms with van der Waals surface area (Å²) < 4.78 is 93.9. The molecule has 78 heavy (non-hydrogen) atoms. The number of hydrogen-bond donors (Lipinski definition) is 1. The molecule has 0 radical (unpaired) electrons. The van der Waals surface area contributed by atoms with Crippen LogP contribution in [-0.4, -0.2) is 186 Å². The van der Waals surface area contributed by atoms with Crippen molar-refractivity contribution in [2.75, 3.05) is 40.6 Å². The predicted octanol–water partition coefficient (Wildman–Crippen LogP) is 1.96. The highest BCUT2D eigenvalue weighted by Crippen LogP contribution is 2.36. The van der Waals surface area contributed by atoms with E-state index < -0.39 is 159 Å². The Morgan fingerprint density at radius 3 is 1.19 bits per heavy atom. The number of carbonyl (C=O) groups is 9. The van der Waals surface area contributed by atoms with E-state index in [0.29, 0.717) is 19.4 Å². The molecular weight excluding hydrogens is 1040 g/mol. The van der Waals surface area contributed by atoms with E-state index in [1.165, 1.54) is 31.4 Å². The van der Waals surface area contributed by atoms with Gasteiger partial charge in [-0.1, -0.05) is 49.2 Å². The zero-order valence-electron chi connectivity index (χ0n) is 44.4. The summed E-state index contributed by atoms with van der Waals surface area (Å²) in [6, 6.07) is 15.3. The molecule has 2 aromatic carbocycles. The first-order chi connectivity index (χ1) is 37.3. The van der Waals surface area contributed by atoms with Gasteiger partial charge >= 0.3 is 53.7 Å². The molecule has 15 atom stereocenters. The van der Waals surface area contributed by atoms with Crippen LogP contribution in [0.15, 0.2) is 60.7 Å². The number of rotatable bonds is 25. The number of methoxy groups -OCH3 is 2. The maximum absolute atomic E-state index is 13.9. The van der Waals surface area contributed by atoms with Crippen LogP contribution >= 0.6 is 0 Å². The van der Waals surface area contributed by atoms with Crippen LogP contribution in [0.4, 0.5) is 0 Å². The van der Waals surface area contributed by atoms with E-state index in [2.05, 4.69) is 0 Å². The molecular formula is C52H67NO25. The first-order valence-corrected chi connectivity index (χ1v) is 24.9. The maximum atomic E-state index is 13.9. The molecule has 0 saturated carbocycles. The third-order valence-electron chi connectivity index (χ3n) is 11.9. The van der Waals surface area contributed by atoms with E-state index in [-0.39, 0.29) is 17.7 Å². The van der Waals surface area contributed by atoms with Gasteiger partial charge in [-0.2, -0.15) is 0 Å². The number of unbranched alkanes of at least 4 members (excludes halogenated alkanes) is 3. The molecule has 3 saturated heterocycles. The molecule has 0 spiro atoms. The Morgan fingerprint density at radius 2 is 0.782 bits per heavy atom. The van der Waals surface area contributed by atoms with Crippen LogP contribution in [0.5, 0.6) is 0 Å². The van der Waals surface area contributed by atoms with Crippen molar-refractivity contribution in [2.45, 2.75) is 159 Å². The summed E-state index contributed by atoms with van der Waals surface area (Å²) in [6.45, 7) is 5.26. The number of carbonyl (C=O) groups excluding carboxylic acids is 9. The molecule has 2 aromatic rings. The minimum absolute atomic E-state index is 0.0369. The highest BCUT2D eigenvalue weighted by Gasteiger charge is 2.58.